The van der Waals surface area contributed by atoms with E-state index in [4.69, 9.17) is 15.1 Å². The number of carbonyl (C=O) groups is 4. The number of fused-ring (bicyclic) bond motifs is 1. The molecule has 282 valence electrons. The Labute approximate surface area is 328 Å². The quantitative estimate of drug-likeness (QED) is 0.0546. The van der Waals surface area contributed by atoms with Crippen molar-refractivity contribution in [2.45, 2.75) is 30.4 Å². The van der Waals surface area contributed by atoms with Crippen LogP contribution in [0.3, 0.4) is 0 Å². The van der Waals surface area contributed by atoms with Gasteiger partial charge in [-0.05, 0) is 25.0 Å². The van der Waals surface area contributed by atoms with Gasteiger partial charge in [0.2, 0.25) is 5.60 Å². The number of oxime groups is 1. The number of nitrogen functional groups attached to an aromatic ring is 1. The first kappa shape index (κ1) is 36.5. The molecule has 16 heteroatoms. The lowest BCUT2D eigenvalue weighted by Crippen LogP contribution is -2.71. The van der Waals surface area contributed by atoms with Gasteiger partial charge in [0, 0.05) is 46.0 Å². The minimum atomic E-state index is -1.33. The third-order valence-electron chi connectivity index (χ3n) is 9.65. The highest BCUT2D eigenvalue weighted by Gasteiger charge is 2.54. The Kier molecular flexibility index (Phi) is 9.74. The van der Waals surface area contributed by atoms with Gasteiger partial charge in [0.15, 0.2) is 16.7 Å². The van der Waals surface area contributed by atoms with Gasteiger partial charge in [-0.25, -0.2) is 9.78 Å². The maximum absolute atomic E-state index is 14.2. The van der Waals surface area contributed by atoms with Crippen molar-refractivity contribution >= 4 is 63.5 Å². The fourth-order valence-corrected chi connectivity index (χ4v) is 8.87. The van der Waals surface area contributed by atoms with Gasteiger partial charge in [0.1, 0.15) is 28.6 Å². The highest BCUT2D eigenvalue weighted by atomic mass is 32.2. The molecule has 0 bridgehead atoms. The fraction of sp³-hybridized carbons (Fsp3) is 0.175. The lowest BCUT2D eigenvalue weighted by atomic mass is 9.80. The molecule has 14 nitrogen and oxygen atoms in total. The number of allylic oxidation sites excluding steroid dienone is 1. The number of carbonyl (C=O) groups excluding carboxylic acids is 3. The summed E-state index contributed by atoms with van der Waals surface area (Å²) in [5.74, 6) is -1.97. The van der Waals surface area contributed by atoms with Crippen LogP contribution in [0.2, 0.25) is 0 Å². The first-order valence-corrected chi connectivity index (χ1v) is 19.4. The molecule has 8 rings (SSSR count). The van der Waals surface area contributed by atoms with Crippen molar-refractivity contribution in [1.29, 1.82) is 0 Å². The Balaban J connectivity index is 1.10. The van der Waals surface area contributed by atoms with Crippen LogP contribution in [-0.2, 0) is 29.6 Å². The van der Waals surface area contributed by atoms with Gasteiger partial charge in [-0.3, -0.25) is 24.2 Å². The molecule has 5 heterocycles. The van der Waals surface area contributed by atoms with E-state index in [-0.39, 0.29) is 33.9 Å². The SMILES string of the molecule is Cc1cc(N2CC/C(=C\C3=C(C(=O)O)N4C(=O)[C@@H](NC(=O)/C(=N\OC(c5ccccc5)(c5ccccc5)c5ccccc5)c5csc(N)n5)[C@H]4SC3)C2=O)no1. The average Bonchev–Trinajstić information content (AvgIpc) is 3.95. The Morgan fingerprint density at radius 3 is 2.18 bits per heavy atom. The number of nitrogens with two attached hydrogens (primary N) is 1. The molecule has 3 aliphatic heterocycles. The van der Waals surface area contributed by atoms with E-state index in [1.54, 1.807) is 18.4 Å². The molecule has 2 aromatic heterocycles. The van der Waals surface area contributed by atoms with E-state index in [2.05, 4.69) is 20.6 Å². The smallest absolute Gasteiger partial charge is 0.352 e. The van der Waals surface area contributed by atoms with Gasteiger partial charge >= 0.3 is 5.97 Å². The Hall–Kier alpha value is -6.52. The predicted octanol–water partition coefficient (Wildman–Crippen LogP) is 4.84. The summed E-state index contributed by atoms with van der Waals surface area (Å²) in [5, 5.41) is 22.5. The summed E-state index contributed by atoms with van der Waals surface area (Å²) in [6.07, 6.45) is 1.89. The number of aliphatic carboxylic acids is 1. The van der Waals surface area contributed by atoms with E-state index in [1.807, 2.05) is 91.0 Å². The predicted molar refractivity (Wildman–Crippen MR) is 209 cm³/mol. The number of thiazole rings is 1. The molecule has 4 N–H and O–H groups in total. The first-order chi connectivity index (χ1) is 27.2. The van der Waals surface area contributed by atoms with E-state index >= 15 is 0 Å². The van der Waals surface area contributed by atoms with Gasteiger partial charge in [0.05, 0.1) is 0 Å². The Morgan fingerprint density at radius 2 is 1.64 bits per heavy atom. The van der Waals surface area contributed by atoms with Crippen LogP contribution in [0.4, 0.5) is 10.9 Å². The average molecular weight is 788 g/mol. The van der Waals surface area contributed by atoms with Crippen molar-refractivity contribution in [3.63, 3.8) is 0 Å². The van der Waals surface area contributed by atoms with Gasteiger partial charge < -0.3 is 25.5 Å². The number of aryl methyl sites for hydroxylation is 1. The van der Waals surface area contributed by atoms with Crippen molar-refractivity contribution in [3.05, 3.63) is 154 Å². The van der Waals surface area contributed by atoms with Crippen LogP contribution in [0.15, 0.2) is 135 Å². The third kappa shape index (κ3) is 6.51. The van der Waals surface area contributed by atoms with Gasteiger partial charge in [-0.2, -0.15) is 0 Å². The Morgan fingerprint density at radius 1 is 1.02 bits per heavy atom. The van der Waals surface area contributed by atoms with Crippen LogP contribution in [0, 0.1) is 6.92 Å². The molecule has 0 unspecified atom stereocenters. The summed E-state index contributed by atoms with van der Waals surface area (Å²) in [6, 6.07) is 29.0. The molecule has 2 fully saturated rings. The minimum Gasteiger partial charge on any atom is -0.477 e. The Bertz CT molecular complexity index is 2330. The number of nitrogens with one attached hydrogen (secondary N) is 1. The van der Waals surface area contributed by atoms with Crippen molar-refractivity contribution in [2.75, 3.05) is 22.9 Å². The molecule has 56 heavy (non-hydrogen) atoms. The zero-order chi connectivity index (χ0) is 39.0. The molecule has 5 aromatic rings. The van der Waals surface area contributed by atoms with E-state index in [1.165, 1.54) is 22.7 Å². The van der Waals surface area contributed by atoms with E-state index < -0.39 is 34.8 Å². The zero-order valence-electron chi connectivity index (χ0n) is 29.7. The summed E-state index contributed by atoms with van der Waals surface area (Å²) < 4.78 is 5.12. The second-order valence-corrected chi connectivity index (χ2v) is 15.1. The minimum absolute atomic E-state index is 0.129. The molecule has 0 spiro atoms. The lowest BCUT2D eigenvalue weighted by Gasteiger charge is -2.49. The van der Waals surface area contributed by atoms with Gasteiger partial charge in [0.25, 0.3) is 17.7 Å². The highest BCUT2D eigenvalue weighted by Crippen LogP contribution is 2.43. The zero-order valence-corrected chi connectivity index (χ0v) is 31.3. The fourth-order valence-electron chi connectivity index (χ4n) is 7.01. The van der Waals surface area contributed by atoms with Crippen molar-refractivity contribution < 1.29 is 33.6 Å². The van der Waals surface area contributed by atoms with Crippen LogP contribution in [0.25, 0.3) is 0 Å². The topological polar surface area (TPSA) is 194 Å². The number of thioether (sulfide) groups is 1. The van der Waals surface area contributed by atoms with E-state index in [9.17, 15) is 24.3 Å². The molecule has 2 atom stereocenters. The number of carboxylic acid groups (broad SMARTS) is 1. The van der Waals surface area contributed by atoms with Crippen molar-refractivity contribution in [3.8, 4) is 0 Å². The number of amides is 3. The van der Waals surface area contributed by atoms with Crippen LogP contribution in [-0.4, -0.2) is 73.3 Å². The molecule has 3 aromatic carbocycles. The number of carboxylic acids is 1. The number of β-lactam (4-membered cyclic amide) rings is 1. The molecular weight excluding hydrogens is 755 g/mol. The van der Waals surface area contributed by atoms with Crippen molar-refractivity contribution in [2.24, 2.45) is 5.16 Å². The molecular formula is C40H33N7O7S2. The number of benzene rings is 3. The maximum atomic E-state index is 14.2. The number of anilines is 2. The maximum Gasteiger partial charge on any atom is 0.352 e. The number of nitrogens with zero attached hydrogens (tertiary/aromatic N) is 5. The second-order valence-electron chi connectivity index (χ2n) is 13.1. The number of rotatable bonds is 11. The second kappa shape index (κ2) is 15.0. The van der Waals surface area contributed by atoms with Crippen LogP contribution < -0.4 is 16.0 Å². The van der Waals surface area contributed by atoms with Gasteiger partial charge in [-0.1, -0.05) is 101 Å². The summed E-state index contributed by atoms with van der Waals surface area (Å²) in [7, 11) is 0. The van der Waals surface area contributed by atoms with E-state index in [0.29, 0.717) is 35.7 Å². The van der Waals surface area contributed by atoms with Gasteiger partial charge in [-0.15, -0.1) is 23.1 Å². The monoisotopic (exact) mass is 787 g/mol. The van der Waals surface area contributed by atoms with E-state index in [0.717, 1.165) is 32.9 Å². The molecule has 0 saturated carbocycles. The van der Waals surface area contributed by atoms with Crippen molar-refractivity contribution in [1.82, 2.24) is 20.4 Å². The van der Waals surface area contributed by atoms with Crippen LogP contribution in [0.5, 0.6) is 0 Å². The van der Waals surface area contributed by atoms with Crippen LogP contribution >= 0.6 is 23.1 Å². The molecule has 0 radical (unpaired) electrons. The summed E-state index contributed by atoms with van der Waals surface area (Å²) >= 11 is 2.38. The highest BCUT2D eigenvalue weighted by molar-refractivity contribution is 8.00. The largest absolute Gasteiger partial charge is 0.477 e. The first-order valence-electron chi connectivity index (χ1n) is 17.5. The molecule has 3 aliphatic rings. The molecule has 0 aliphatic carbocycles. The lowest BCUT2D eigenvalue weighted by molar-refractivity contribution is -0.150. The number of hydrogen-bond donors (Lipinski definition) is 3. The summed E-state index contributed by atoms with van der Waals surface area (Å²) in [5.41, 5.74) is 7.24. The normalized spacial score (nSPS) is 19.2. The summed E-state index contributed by atoms with van der Waals surface area (Å²) in [4.78, 5) is 67.4. The third-order valence-corrected chi connectivity index (χ3v) is 11.6. The molecule has 3 amide bonds. The number of hydrogen-bond acceptors (Lipinski definition) is 12. The molecule has 2 saturated heterocycles. The number of aromatic nitrogens is 2. The standard InChI is InChI=1S/C40H33N7O7S2/c1-23-19-30(44-53-23)46-18-17-24(35(46)49)20-25-21-55-37-32(36(50)47(37)33(25)38(51)52)43-34(48)31(29-22-56-39(41)42-29)45-54-40(26-11-5-2-6-12-26,27-13-7-3-8-14-27)28-15-9-4-10-16-28/h2-16,19-20,22,32,37H,17-18,21H2,1H3,(H2,41,42)(H,43,48)(H,51,52)/b24-20+,45-31-/t32-,37-/m1/s1. The summed E-state index contributed by atoms with van der Waals surface area (Å²) in [6.45, 7) is 2.07. The van der Waals surface area contributed by atoms with Crippen LogP contribution in [0.1, 0.15) is 34.6 Å².